The Bertz CT molecular complexity index is 331. The third kappa shape index (κ3) is 3.78. The fraction of sp³-hybridized carbons (Fsp3) is 0.538. The Labute approximate surface area is 103 Å². The summed E-state index contributed by atoms with van der Waals surface area (Å²) >= 11 is 0. The van der Waals surface area contributed by atoms with Crippen molar-refractivity contribution in [1.29, 1.82) is 0 Å². The summed E-state index contributed by atoms with van der Waals surface area (Å²) in [5.41, 5.74) is 2.48. The molecule has 0 bridgehead atoms. The van der Waals surface area contributed by atoms with Crippen molar-refractivity contribution >= 4 is 0 Å². The third-order valence-electron chi connectivity index (χ3n) is 3.28. The maximum atomic E-state index is 5.05. The molecule has 1 aromatic rings. The molecule has 2 N–H and O–H groups in total. The van der Waals surface area contributed by atoms with Gasteiger partial charge in [-0.05, 0) is 18.2 Å². The Morgan fingerprint density at radius 1 is 1.06 bits per heavy atom. The van der Waals surface area contributed by atoms with Crippen LogP contribution >= 0.6 is 0 Å². The SMILES string of the molecule is CN1CCN(Cc2ccc(CON)cc2)CC1. The Kier molecular flexibility index (Phi) is 4.50. The average Bonchev–Trinajstić information content (AvgIpc) is 2.35. The predicted octanol–water partition coefficient (Wildman–Crippen LogP) is 0.824. The van der Waals surface area contributed by atoms with Crippen LogP contribution in [0.1, 0.15) is 11.1 Å². The highest BCUT2D eigenvalue weighted by atomic mass is 16.6. The predicted molar refractivity (Wildman–Crippen MR) is 68.2 cm³/mol. The second kappa shape index (κ2) is 6.12. The molecule has 0 aromatic heterocycles. The minimum absolute atomic E-state index is 0.481. The molecular weight excluding hydrogens is 214 g/mol. The maximum absolute atomic E-state index is 5.05. The van der Waals surface area contributed by atoms with Crippen LogP contribution in [0.15, 0.2) is 24.3 Å². The standard InChI is InChI=1S/C13H21N3O/c1-15-6-8-16(9-7-15)10-12-2-4-13(5-3-12)11-17-14/h2-5H,6-11,14H2,1H3. The van der Waals surface area contributed by atoms with E-state index in [1.165, 1.54) is 18.7 Å². The molecule has 0 radical (unpaired) electrons. The van der Waals surface area contributed by atoms with Gasteiger partial charge in [-0.3, -0.25) is 9.74 Å². The van der Waals surface area contributed by atoms with E-state index in [4.69, 9.17) is 5.90 Å². The van der Waals surface area contributed by atoms with Crippen LogP contribution in [0.25, 0.3) is 0 Å². The second-order valence-corrected chi connectivity index (χ2v) is 4.71. The number of likely N-dealkylation sites (N-methyl/N-ethyl adjacent to an activating group) is 1. The van der Waals surface area contributed by atoms with E-state index in [1.807, 2.05) is 0 Å². The van der Waals surface area contributed by atoms with Gasteiger partial charge in [0.1, 0.15) is 0 Å². The van der Waals surface area contributed by atoms with E-state index < -0.39 is 0 Å². The lowest BCUT2D eigenvalue weighted by Crippen LogP contribution is -2.43. The van der Waals surface area contributed by atoms with Crippen LogP contribution in [-0.4, -0.2) is 43.0 Å². The van der Waals surface area contributed by atoms with Crippen molar-refractivity contribution in [3.05, 3.63) is 35.4 Å². The molecule has 0 amide bonds. The van der Waals surface area contributed by atoms with Crippen molar-refractivity contribution < 1.29 is 4.84 Å². The van der Waals surface area contributed by atoms with Gasteiger partial charge in [-0.15, -0.1) is 0 Å². The summed E-state index contributed by atoms with van der Waals surface area (Å²) in [5.74, 6) is 5.05. The van der Waals surface area contributed by atoms with Crippen molar-refractivity contribution in [1.82, 2.24) is 9.80 Å². The monoisotopic (exact) mass is 235 g/mol. The average molecular weight is 235 g/mol. The molecule has 1 aliphatic rings. The molecule has 1 fully saturated rings. The van der Waals surface area contributed by atoms with Crippen LogP contribution in [0.4, 0.5) is 0 Å². The van der Waals surface area contributed by atoms with Crippen LogP contribution in [0.5, 0.6) is 0 Å². The largest absolute Gasteiger partial charge is 0.304 e. The Morgan fingerprint density at radius 3 is 2.24 bits per heavy atom. The van der Waals surface area contributed by atoms with E-state index in [-0.39, 0.29) is 0 Å². The van der Waals surface area contributed by atoms with Crippen molar-refractivity contribution in [2.24, 2.45) is 5.90 Å². The first kappa shape index (κ1) is 12.5. The number of benzene rings is 1. The molecule has 94 valence electrons. The lowest BCUT2D eigenvalue weighted by molar-refractivity contribution is 0.124. The lowest BCUT2D eigenvalue weighted by Gasteiger charge is -2.32. The van der Waals surface area contributed by atoms with Crippen LogP contribution in [0.2, 0.25) is 0 Å². The summed E-state index contributed by atoms with van der Waals surface area (Å²) < 4.78 is 0. The zero-order chi connectivity index (χ0) is 12.1. The zero-order valence-corrected chi connectivity index (χ0v) is 10.4. The number of hydrogen-bond acceptors (Lipinski definition) is 4. The number of hydrogen-bond donors (Lipinski definition) is 1. The van der Waals surface area contributed by atoms with Crippen molar-refractivity contribution in [3.63, 3.8) is 0 Å². The highest BCUT2D eigenvalue weighted by Crippen LogP contribution is 2.09. The molecule has 0 spiro atoms. The third-order valence-corrected chi connectivity index (χ3v) is 3.28. The van der Waals surface area contributed by atoms with Crippen molar-refractivity contribution in [2.45, 2.75) is 13.2 Å². The van der Waals surface area contributed by atoms with Gasteiger partial charge in [-0.2, -0.15) is 0 Å². The molecule has 0 atom stereocenters. The van der Waals surface area contributed by atoms with Crippen LogP contribution < -0.4 is 5.90 Å². The quantitative estimate of drug-likeness (QED) is 0.785. The molecule has 0 aliphatic carbocycles. The van der Waals surface area contributed by atoms with Gasteiger partial charge >= 0.3 is 0 Å². The maximum Gasteiger partial charge on any atom is 0.0930 e. The van der Waals surface area contributed by atoms with Gasteiger partial charge in [0.05, 0.1) is 6.61 Å². The fourth-order valence-electron chi connectivity index (χ4n) is 2.10. The summed E-state index contributed by atoms with van der Waals surface area (Å²) in [4.78, 5) is 9.48. The molecule has 1 aromatic carbocycles. The summed E-state index contributed by atoms with van der Waals surface area (Å²) in [6.07, 6.45) is 0. The molecule has 0 saturated carbocycles. The molecule has 0 unspecified atom stereocenters. The molecule has 1 aliphatic heterocycles. The molecule has 1 heterocycles. The summed E-state index contributed by atoms with van der Waals surface area (Å²) in [6, 6.07) is 8.48. The Balaban J connectivity index is 1.86. The summed E-state index contributed by atoms with van der Waals surface area (Å²) in [5, 5.41) is 0. The van der Waals surface area contributed by atoms with Crippen LogP contribution in [0.3, 0.4) is 0 Å². The summed E-state index contributed by atoms with van der Waals surface area (Å²) in [7, 11) is 2.18. The zero-order valence-electron chi connectivity index (χ0n) is 10.4. The number of piperazine rings is 1. The van der Waals surface area contributed by atoms with Gasteiger partial charge in [-0.25, -0.2) is 5.90 Å². The van der Waals surface area contributed by atoms with Crippen molar-refractivity contribution in [2.75, 3.05) is 33.2 Å². The van der Waals surface area contributed by atoms with Gasteiger partial charge in [0.2, 0.25) is 0 Å². The molecular formula is C13H21N3O. The Hall–Kier alpha value is -0.940. The molecule has 1 saturated heterocycles. The van der Waals surface area contributed by atoms with E-state index >= 15 is 0 Å². The van der Waals surface area contributed by atoms with E-state index in [0.29, 0.717) is 6.61 Å². The highest BCUT2D eigenvalue weighted by molar-refractivity contribution is 5.22. The molecule has 17 heavy (non-hydrogen) atoms. The molecule has 2 rings (SSSR count). The van der Waals surface area contributed by atoms with Gasteiger partial charge in [-0.1, -0.05) is 24.3 Å². The molecule has 4 heteroatoms. The first-order chi connectivity index (χ1) is 8.28. The van der Waals surface area contributed by atoms with Crippen LogP contribution in [-0.2, 0) is 18.0 Å². The minimum atomic E-state index is 0.481. The van der Waals surface area contributed by atoms with E-state index in [9.17, 15) is 0 Å². The number of nitrogens with two attached hydrogens (primary N) is 1. The van der Waals surface area contributed by atoms with Crippen LogP contribution in [0, 0.1) is 0 Å². The minimum Gasteiger partial charge on any atom is -0.304 e. The topological polar surface area (TPSA) is 41.7 Å². The van der Waals surface area contributed by atoms with E-state index in [2.05, 4.69) is 46.0 Å². The van der Waals surface area contributed by atoms with Gasteiger partial charge in [0.15, 0.2) is 0 Å². The van der Waals surface area contributed by atoms with Crippen molar-refractivity contribution in [3.8, 4) is 0 Å². The lowest BCUT2D eigenvalue weighted by atomic mass is 10.1. The smallest absolute Gasteiger partial charge is 0.0930 e. The van der Waals surface area contributed by atoms with E-state index in [0.717, 1.165) is 25.2 Å². The van der Waals surface area contributed by atoms with Gasteiger partial charge < -0.3 is 4.90 Å². The number of nitrogens with zero attached hydrogens (tertiary/aromatic N) is 2. The summed E-state index contributed by atoms with van der Waals surface area (Å²) in [6.45, 7) is 6.17. The van der Waals surface area contributed by atoms with Gasteiger partial charge in [0, 0.05) is 32.7 Å². The van der Waals surface area contributed by atoms with Gasteiger partial charge in [0.25, 0.3) is 0 Å². The first-order valence-corrected chi connectivity index (χ1v) is 6.08. The normalized spacial score (nSPS) is 18.5. The number of rotatable bonds is 4. The fourth-order valence-corrected chi connectivity index (χ4v) is 2.10. The Morgan fingerprint density at radius 2 is 1.65 bits per heavy atom. The highest BCUT2D eigenvalue weighted by Gasteiger charge is 2.13. The first-order valence-electron chi connectivity index (χ1n) is 6.08. The second-order valence-electron chi connectivity index (χ2n) is 4.71. The molecule has 4 nitrogen and oxygen atoms in total. The van der Waals surface area contributed by atoms with E-state index in [1.54, 1.807) is 0 Å².